The fourth-order valence-corrected chi connectivity index (χ4v) is 1.80. The molecule has 2 N–H and O–H groups in total. The lowest BCUT2D eigenvalue weighted by Gasteiger charge is -2.11. The van der Waals surface area contributed by atoms with Crippen LogP contribution in [0.5, 0.6) is 0 Å². The van der Waals surface area contributed by atoms with Gasteiger partial charge in [0.2, 0.25) is 0 Å². The number of esters is 1. The molecule has 0 aromatic carbocycles. The maximum atomic E-state index is 12.0. The van der Waals surface area contributed by atoms with Gasteiger partial charge in [-0.3, -0.25) is 10.1 Å². The normalized spacial score (nSPS) is 11.8. The molecule has 10 heteroatoms. The fourth-order valence-electron chi connectivity index (χ4n) is 1.80. The number of carbonyl (C=O) groups excluding carboxylic acids is 3. The molecule has 0 saturated heterocycles. The molecule has 23 heavy (non-hydrogen) atoms. The molecule has 0 saturated carbocycles. The fraction of sp³-hybridized carbons (Fsp3) is 0.385. The number of aromatic nitrogens is 4. The summed E-state index contributed by atoms with van der Waals surface area (Å²) in [5, 5.41) is 8.22. The number of hydrogen-bond acceptors (Lipinski definition) is 7. The third kappa shape index (κ3) is 3.59. The van der Waals surface area contributed by atoms with Crippen LogP contribution in [-0.2, 0) is 9.53 Å². The highest BCUT2D eigenvalue weighted by atomic mass is 16.5. The summed E-state index contributed by atoms with van der Waals surface area (Å²) >= 11 is 0. The van der Waals surface area contributed by atoms with Crippen molar-refractivity contribution in [2.45, 2.75) is 26.9 Å². The number of amides is 3. The van der Waals surface area contributed by atoms with E-state index in [-0.39, 0.29) is 11.6 Å². The molecule has 0 fully saturated rings. The standard InChI is InChI=1S/C13H16N6O4/c1-6-5-7(2)19-12(15-6)16-9(18-19)11(21)23-8(3)10(20)17-13(22)14-4/h5,8H,1-4H3,(H2,14,17,20,22)/t8-/m1/s1. The number of nitrogens with one attached hydrogen (secondary N) is 2. The first-order valence-corrected chi connectivity index (χ1v) is 6.76. The Balaban J connectivity index is 2.13. The first-order valence-electron chi connectivity index (χ1n) is 6.76. The lowest BCUT2D eigenvalue weighted by atomic mass is 10.4. The van der Waals surface area contributed by atoms with E-state index in [9.17, 15) is 14.4 Å². The Hall–Kier alpha value is -3.04. The Labute approximate surface area is 131 Å². The van der Waals surface area contributed by atoms with E-state index < -0.39 is 24.0 Å². The van der Waals surface area contributed by atoms with Gasteiger partial charge in [0, 0.05) is 18.4 Å². The van der Waals surface area contributed by atoms with E-state index in [2.05, 4.69) is 20.4 Å². The van der Waals surface area contributed by atoms with Crippen molar-refractivity contribution >= 4 is 23.7 Å². The minimum absolute atomic E-state index is 0.217. The summed E-state index contributed by atoms with van der Waals surface area (Å²) in [6.45, 7) is 4.93. The number of ether oxygens (including phenoxy) is 1. The Morgan fingerprint density at radius 1 is 1.26 bits per heavy atom. The lowest BCUT2D eigenvalue weighted by Crippen LogP contribution is -2.43. The predicted molar refractivity (Wildman–Crippen MR) is 77.7 cm³/mol. The molecule has 0 unspecified atom stereocenters. The summed E-state index contributed by atoms with van der Waals surface area (Å²) in [6, 6.07) is 1.09. The molecule has 0 aliphatic heterocycles. The van der Waals surface area contributed by atoms with Crippen LogP contribution in [0.1, 0.15) is 28.9 Å². The van der Waals surface area contributed by atoms with Crippen molar-refractivity contribution in [1.29, 1.82) is 0 Å². The van der Waals surface area contributed by atoms with Gasteiger partial charge >= 0.3 is 12.0 Å². The summed E-state index contributed by atoms with van der Waals surface area (Å²) in [6.07, 6.45) is -1.18. The molecule has 0 aliphatic rings. The van der Waals surface area contributed by atoms with Gasteiger partial charge < -0.3 is 10.1 Å². The van der Waals surface area contributed by atoms with Gasteiger partial charge in [0.25, 0.3) is 17.5 Å². The smallest absolute Gasteiger partial charge is 0.379 e. The number of hydrogen-bond donors (Lipinski definition) is 2. The molecule has 10 nitrogen and oxygen atoms in total. The van der Waals surface area contributed by atoms with Crippen LogP contribution in [0.15, 0.2) is 6.07 Å². The largest absolute Gasteiger partial charge is 0.447 e. The number of urea groups is 1. The average Bonchev–Trinajstić information content (AvgIpc) is 2.91. The zero-order valence-corrected chi connectivity index (χ0v) is 13.1. The van der Waals surface area contributed by atoms with Crippen LogP contribution in [0.3, 0.4) is 0 Å². The number of nitrogens with zero attached hydrogens (tertiary/aromatic N) is 4. The van der Waals surface area contributed by atoms with Crippen molar-refractivity contribution in [2.75, 3.05) is 7.05 Å². The predicted octanol–water partition coefficient (Wildman–Crippen LogP) is -0.258. The molecule has 2 aromatic heterocycles. The molecule has 122 valence electrons. The quantitative estimate of drug-likeness (QED) is 0.746. The summed E-state index contributed by atoms with van der Waals surface area (Å²) in [4.78, 5) is 42.8. The van der Waals surface area contributed by atoms with Crippen molar-refractivity contribution in [3.8, 4) is 0 Å². The molecule has 3 amide bonds. The van der Waals surface area contributed by atoms with Crippen molar-refractivity contribution in [3.63, 3.8) is 0 Å². The minimum atomic E-state index is -1.18. The Morgan fingerprint density at radius 3 is 2.61 bits per heavy atom. The van der Waals surface area contributed by atoms with Crippen LogP contribution in [0.2, 0.25) is 0 Å². The first-order chi connectivity index (χ1) is 10.8. The average molecular weight is 320 g/mol. The molecule has 2 rings (SSSR count). The van der Waals surface area contributed by atoms with Crippen molar-refractivity contribution in [2.24, 2.45) is 0 Å². The molecule has 0 aliphatic carbocycles. The highest BCUT2D eigenvalue weighted by Crippen LogP contribution is 2.07. The summed E-state index contributed by atoms with van der Waals surface area (Å²) < 4.78 is 6.35. The SMILES string of the molecule is CNC(=O)NC(=O)[C@@H](C)OC(=O)c1nc2nc(C)cc(C)n2n1. The molecule has 0 spiro atoms. The van der Waals surface area contributed by atoms with Gasteiger partial charge in [0.1, 0.15) is 0 Å². The van der Waals surface area contributed by atoms with Crippen LogP contribution >= 0.6 is 0 Å². The van der Waals surface area contributed by atoms with Crippen LogP contribution in [0, 0.1) is 13.8 Å². The number of rotatable bonds is 3. The topological polar surface area (TPSA) is 128 Å². The minimum Gasteiger partial charge on any atom is -0.447 e. The molecule has 0 radical (unpaired) electrons. The van der Waals surface area contributed by atoms with E-state index in [0.717, 1.165) is 11.4 Å². The third-order valence-electron chi connectivity index (χ3n) is 2.92. The van der Waals surface area contributed by atoms with Crippen LogP contribution in [-0.4, -0.2) is 50.6 Å². The van der Waals surface area contributed by atoms with Crippen LogP contribution < -0.4 is 10.6 Å². The van der Waals surface area contributed by atoms with Gasteiger partial charge in [0.15, 0.2) is 6.10 Å². The highest BCUT2D eigenvalue weighted by Gasteiger charge is 2.23. The first kappa shape index (κ1) is 16.3. The summed E-state index contributed by atoms with van der Waals surface area (Å²) in [7, 11) is 1.36. The van der Waals surface area contributed by atoms with E-state index >= 15 is 0 Å². The second-order valence-electron chi connectivity index (χ2n) is 4.80. The van der Waals surface area contributed by atoms with Gasteiger partial charge in [-0.05, 0) is 26.8 Å². The lowest BCUT2D eigenvalue weighted by molar-refractivity contribution is -0.127. The maximum Gasteiger partial charge on any atom is 0.379 e. The Bertz CT molecular complexity index is 784. The second-order valence-corrected chi connectivity index (χ2v) is 4.80. The highest BCUT2D eigenvalue weighted by molar-refractivity contribution is 5.97. The van der Waals surface area contributed by atoms with E-state index in [4.69, 9.17) is 4.74 Å². The maximum absolute atomic E-state index is 12.0. The third-order valence-corrected chi connectivity index (χ3v) is 2.92. The summed E-state index contributed by atoms with van der Waals surface area (Å²) in [5.41, 5.74) is 1.49. The van der Waals surface area contributed by atoms with Gasteiger partial charge in [0.05, 0.1) is 0 Å². The van der Waals surface area contributed by atoms with Crippen LogP contribution in [0.25, 0.3) is 5.78 Å². The molecule has 1 atom stereocenters. The van der Waals surface area contributed by atoms with Crippen LogP contribution in [0.4, 0.5) is 4.79 Å². The van der Waals surface area contributed by atoms with E-state index in [1.54, 1.807) is 19.9 Å². The zero-order valence-electron chi connectivity index (χ0n) is 13.1. The molecule has 2 heterocycles. The number of aryl methyl sites for hydroxylation is 2. The van der Waals surface area contributed by atoms with Gasteiger partial charge in [-0.1, -0.05) is 0 Å². The molecule has 2 aromatic rings. The van der Waals surface area contributed by atoms with Crippen molar-refractivity contribution in [3.05, 3.63) is 23.3 Å². The zero-order chi connectivity index (χ0) is 17.1. The number of carbonyl (C=O) groups is 3. The molecular weight excluding hydrogens is 304 g/mol. The monoisotopic (exact) mass is 320 g/mol. The van der Waals surface area contributed by atoms with Gasteiger partial charge in [-0.2, -0.15) is 4.98 Å². The Kier molecular flexibility index (Phi) is 4.53. The van der Waals surface area contributed by atoms with Gasteiger partial charge in [-0.25, -0.2) is 19.1 Å². The second kappa shape index (κ2) is 6.38. The van der Waals surface area contributed by atoms with E-state index in [1.165, 1.54) is 18.5 Å². The van der Waals surface area contributed by atoms with E-state index in [1.807, 2.05) is 5.32 Å². The van der Waals surface area contributed by atoms with E-state index in [0.29, 0.717) is 0 Å². The number of fused-ring (bicyclic) bond motifs is 1. The van der Waals surface area contributed by atoms with Crippen molar-refractivity contribution < 1.29 is 19.1 Å². The molecular formula is C13H16N6O4. The number of imide groups is 1. The van der Waals surface area contributed by atoms with Gasteiger partial charge in [-0.15, -0.1) is 5.10 Å². The summed E-state index contributed by atoms with van der Waals surface area (Å²) in [5.74, 6) is -1.60. The Morgan fingerprint density at radius 2 is 1.96 bits per heavy atom. The van der Waals surface area contributed by atoms with Crippen molar-refractivity contribution in [1.82, 2.24) is 30.2 Å². The molecule has 0 bridgehead atoms.